The normalized spacial score (nSPS) is 14.8. The first-order valence-corrected chi connectivity index (χ1v) is 11.8. The van der Waals surface area contributed by atoms with E-state index >= 15 is 0 Å². The number of nitrogens with one attached hydrogen (secondary N) is 1. The van der Waals surface area contributed by atoms with Crippen LogP contribution in [0.15, 0.2) is 60.7 Å². The quantitative estimate of drug-likeness (QED) is 0.393. The lowest BCUT2D eigenvalue weighted by atomic mass is 9.89. The number of aromatic nitrogens is 7. The first-order valence-electron chi connectivity index (χ1n) is 11.8. The van der Waals surface area contributed by atoms with Crippen molar-refractivity contribution in [3.05, 3.63) is 77.9 Å². The fraction of sp³-hybridized carbons (Fsp3) is 0.346. The second-order valence-electron chi connectivity index (χ2n) is 8.64. The van der Waals surface area contributed by atoms with Crippen LogP contribution < -0.4 is 0 Å². The number of tetrazole rings is 1. The maximum Gasteiger partial charge on any atom is 0.180 e. The van der Waals surface area contributed by atoms with Gasteiger partial charge in [0.1, 0.15) is 5.82 Å². The molecule has 7 nitrogen and oxygen atoms in total. The first-order chi connectivity index (χ1) is 16.3. The summed E-state index contributed by atoms with van der Waals surface area (Å²) < 4.78 is 2.09. The van der Waals surface area contributed by atoms with Crippen molar-refractivity contribution >= 4 is 0 Å². The zero-order chi connectivity index (χ0) is 22.5. The summed E-state index contributed by atoms with van der Waals surface area (Å²) in [5, 5.41) is 19.3. The molecule has 1 N–H and O–H groups in total. The Morgan fingerprint density at radius 3 is 2.52 bits per heavy atom. The van der Waals surface area contributed by atoms with Gasteiger partial charge in [0.2, 0.25) is 0 Å². The van der Waals surface area contributed by atoms with E-state index < -0.39 is 0 Å². The highest BCUT2D eigenvalue weighted by molar-refractivity contribution is 5.80. The van der Waals surface area contributed by atoms with E-state index in [9.17, 15) is 0 Å². The Labute approximate surface area is 194 Å². The van der Waals surface area contributed by atoms with Crippen LogP contribution in [0, 0.1) is 0 Å². The predicted molar refractivity (Wildman–Crippen MR) is 129 cm³/mol. The second-order valence-corrected chi connectivity index (χ2v) is 8.64. The summed E-state index contributed by atoms with van der Waals surface area (Å²) in [6.45, 7) is 2.77. The highest BCUT2D eigenvalue weighted by atomic mass is 15.5. The number of benzene rings is 2. The Morgan fingerprint density at radius 1 is 1.00 bits per heavy atom. The van der Waals surface area contributed by atoms with Gasteiger partial charge in [0.05, 0.1) is 6.54 Å². The molecular formula is C26H29N7. The molecule has 0 amide bonds. The van der Waals surface area contributed by atoms with Gasteiger partial charge in [-0.2, -0.15) is 5.10 Å². The van der Waals surface area contributed by atoms with Crippen LogP contribution >= 0.6 is 0 Å². The van der Waals surface area contributed by atoms with Gasteiger partial charge in [-0.05, 0) is 46.9 Å². The third-order valence-electron chi connectivity index (χ3n) is 6.40. The average Bonchev–Trinajstić information content (AvgIpc) is 3.54. The van der Waals surface area contributed by atoms with Gasteiger partial charge in [-0.25, -0.2) is 14.8 Å². The topological polar surface area (TPSA) is 85.2 Å². The molecule has 7 heteroatoms. The standard InChI is InChI=1S/C26H29N7/c1-2-3-13-24-27-25(21-9-5-4-6-10-21)30-33(24)18-19-14-16-20(17-15-19)22-11-7-8-12-23(22)26-28-31-32-29-26/h2-3,7-8,11-12,14-17,21H,4-6,9-10,13,18H2,1H3,(H,28,29,31,32). The molecule has 33 heavy (non-hydrogen) atoms. The molecule has 1 aliphatic rings. The van der Waals surface area contributed by atoms with Gasteiger partial charge >= 0.3 is 0 Å². The Kier molecular flexibility index (Phi) is 6.37. The van der Waals surface area contributed by atoms with Gasteiger partial charge in [0.25, 0.3) is 0 Å². The van der Waals surface area contributed by atoms with Crippen molar-refractivity contribution in [3.8, 4) is 22.5 Å². The Bertz CT molecular complexity index is 1200. The van der Waals surface area contributed by atoms with Gasteiger partial charge in [-0.15, -0.1) is 5.10 Å². The van der Waals surface area contributed by atoms with Crippen LogP contribution in [0.3, 0.4) is 0 Å². The summed E-state index contributed by atoms with van der Waals surface area (Å²) in [7, 11) is 0. The predicted octanol–water partition coefficient (Wildman–Crippen LogP) is 5.34. The summed E-state index contributed by atoms with van der Waals surface area (Å²) in [6, 6.07) is 16.8. The minimum absolute atomic E-state index is 0.508. The molecule has 0 radical (unpaired) electrons. The fourth-order valence-corrected chi connectivity index (χ4v) is 4.61. The van der Waals surface area contributed by atoms with Crippen molar-refractivity contribution in [1.29, 1.82) is 0 Å². The SMILES string of the molecule is CC=CCc1nc(C2CCCCC2)nn1Cc1ccc(-c2ccccc2-c2nnn[nH]2)cc1. The Morgan fingerprint density at radius 2 is 1.79 bits per heavy atom. The molecule has 0 spiro atoms. The summed E-state index contributed by atoms with van der Waals surface area (Å²) in [6.07, 6.45) is 11.4. The second kappa shape index (κ2) is 9.90. The van der Waals surface area contributed by atoms with E-state index in [2.05, 4.69) is 67.8 Å². The van der Waals surface area contributed by atoms with E-state index in [-0.39, 0.29) is 0 Å². The average molecular weight is 440 g/mol. The van der Waals surface area contributed by atoms with Crippen molar-refractivity contribution in [2.24, 2.45) is 0 Å². The van der Waals surface area contributed by atoms with Gasteiger partial charge in [0.15, 0.2) is 11.6 Å². The van der Waals surface area contributed by atoms with Crippen molar-refractivity contribution in [2.75, 3.05) is 0 Å². The lowest BCUT2D eigenvalue weighted by Crippen LogP contribution is -2.08. The van der Waals surface area contributed by atoms with Crippen LogP contribution in [0.25, 0.3) is 22.5 Å². The minimum Gasteiger partial charge on any atom is -0.245 e. The van der Waals surface area contributed by atoms with Crippen molar-refractivity contribution in [2.45, 2.75) is 57.9 Å². The van der Waals surface area contributed by atoms with Crippen molar-refractivity contribution in [1.82, 2.24) is 35.4 Å². The van der Waals surface area contributed by atoms with E-state index in [1.54, 1.807) is 0 Å². The van der Waals surface area contributed by atoms with Crippen molar-refractivity contribution in [3.63, 3.8) is 0 Å². The Hall–Kier alpha value is -3.61. The zero-order valence-electron chi connectivity index (χ0n) is 19.0. The minimum atomic E-state index is 0.508. The summed E-state index contributed by atoms with van der Waals surface area (Å²) in [4.78, 5) is 4.95. The van der Waals surface area contributed by atoms with Crippen LogP contribution in [-0.2, 0) is 13.0 Å². The van der Waals surface area contributed by atoms with E-state index in [0.717, 1.165) is 41.3 Å². The molecule has 2 aromatic heterocycles. The number of allylic oxidation sites excluding steroid dienone is 2. The summed E-state index contributed by atoms with van der Waals surface area (Å²) in [5.41, 5.74) is 4.41. The number of rotatable bonds is 7. The number of H-pyrrole nitrogens is 1. The zero-order valence-corrected chi connectivity index (χ0v) is 19.0. The maximum atomic E-state index is 4.96. The first kappa shape index (κ1) is 21.2. The molecule has 2 heterocycles. The largest absolute Gasteiger partial charge is 0.245 e. The van der Waals surface area contributed by atoms with E-state index in [1.165, 1.54) is 37.7 Å². The monoisotopic (exact) mass is 439 g/mol. The fourth-order valence-electron chi connectivity index (χ4n) is 4.61. The molecule has 5 rings (SSSR count). The van der Waals surface area contributed by atoms with Crippen molar-refractivity contribution < 1.29 is 0 Å². The van der Waals surface area contributed by atoms with Crippen LogP contribution in [0.5, 0.6) is 0 Å². The number of hydrogen-bond acceptors (Lipinski definition) is 5. The third kappa shape index (κ3) is 4.77. The van der Waals surface area contributed by atoms with Gasteiger partial charge in [-0.1, -0.05) is 79.9 Å². The maximum absolute atomic E-state index is 4.96. The van der Waals surface area contributed by atoms with Crippen LogP contribution in [-0.4, -0.2) is 35.4 Å². The summed E-state index contributed by atoms with van der Waals surface area (Å²) >= 11 is 0. The van der Waals surface area contributed by atoms with Crippen LogP contribution in [0.2, 0.25) is 0 Å². The molecule has 0 saturated heterocycles. The highest BCUT2D eigenvalue weighted by Gasteiger charge is 2.21. The van der Waals surface area contributed by atoms with Gasteiger partial charge < -0.3 is 0 Å². The molecule has 0 unspecified atom stereocenters. The molecule has 1 saturated carbocycles. The molecule has 0 atom stereocenters. The molecule has 1 fully saturated rings. The molecule has 4 aromatic rings. The molecule has 0 bridgehead atoms. The van der Waals surface area contributed by atoms with Crippen LogP contribution in [0.4, 0.5) is 0 Å². The molecule has 2 aromatic carbocycles. The number of hydrogen-bond donors (Lipinski definition) is 1. The summed E-state index contributed by atoms with van der Waals surface area (Å²) in [5.74, 6) is 3.25. The molecular weight excluding hydrogens is 410 g/mol. The van der Waals surface area contributed by atoms with Gasteiger partial charge in [-0.3, -0.25) is 0 Å². The molecule has 1 aliphatic carbocycles. The van der Waals surface area contributed by atoms with E-state index in [0.29, 0.717) is 11.7 Å². The number of aromatic amines is 1. The van der Waals surface area contributed by atoms with Crippen LogP contribution in [0.1, 0.15) is 62.2 Å². The van der Waals surface area contributed by atoms with E-state index in [1.807, 2.05) is 25.1 Å². The van der Waals surface area contributed by atoms with Gasteiger partial charge in [0, 0.05) is 17.9 Å². The number of nitrogens with zero attached hydrogens (tertiary/aromatic N) is 6. The molecule has 168 valence electrons. The van der Waals surface area contributed by atoms with E-state index in [4.69, 9.17) is 10.1 Å². The Balaban J connectivity index is 1.39. The highest BCUT2D eigenvalue weighted by Crippen LogP contribution is 2.32. The smallest absolute Gasteiger partial charge is 0.180 e. The lowest BCUT2D eigenvalue weighted by molar-refractivity contribution is 0.426. The lowest BCUT2D eigenvalue weighted by Gasteiger charge is -2.18. The third-order valence-corrected chi connectivity index (χ3v) is 6.40. The molecule has 0 aliphatic heterocycles.